The van der Waals surface area contributed by atoms with Crippen molar-refractivity contribution in [1.29, 1.82) is 0 Å². The minimum Gasteiger partial charge on any atom is -0.494 e. The maximum absolute atomic E-state index is 11.1. The molecule has 1 saturated heterocycles. The maximum Gasteiger partial charge on any atom is 0.159 e. The number of ketones is 1. The zero-order valence-electron chi connectivity index (χ0n) is 10.9. The Balaban J connectivity index is 1.74. The summed E-state index contributed by atoms with van der Waals surface area (Å²) in [5.41, 5.74) is 0.733. The molecule has 0 aromatic heterocycles. The molecule has 18 heavy (non-hydrogen) atoms. The van der Waals surface area contributed by atoms with Crippen molar-refractivity contribution in [1.82, 2.24) is 5.32 Å². The number of hydrogen-bond acceptors (Lipinski definition) is 3. The molecular weight excluding hydrogens is 226 g/mol. The van der Waals surface area contributed by atoms with Crippen LogP contribution in [-0.2, 0) is 0 Å². The van der Waals surface area contributed by atoms with Crippen LogP contribution in [0.25, 0.3) is 0 Å². The van der Waals surface area contributed by atoms with E-state index < -0.39 is 0 Å². The van der Waals surface area contributed by atoms with Crippen LogP contribution >= 0.6 is 0 Å². The summed E-state index contributed by atoms with van der Waals surface area (Å²) >= 11 is 0. The van der Waals surface area contributed by atoms with Gasteiger partial charge in [-0.25, -0.2) is 0 Å². The second kappa shape index (κ2) is 6.55. The fraction of sp³-hybridized carbons (Fsp3) is 0.533. The summed E-state index contributed by atoms with van der Waals surface area (Å²) in [4.78, 5) is 11.1. The molecule has 1 atom stereocenters. The summed E-state index contributed by atoms with van der Waals surface area (Å²) < 4.78 is 5.69. The Morgan fingerprint density at radius 3 is 2.72 bits per heavy atom. The topological polar surface area (TPSA) is 38.3 Å². The van der Waals surface area contributed by atoms with E-state index in [2.05, 4.69) is 5.32 Å². The van der Waals surface area contributed by atoms with Crippen molar-refractivity contribution in [3.05, 3.63) is 29.8 Å². The van der Waals surface area contributed by atoms with Gasteiger partial charge in [0.15, 0.2) is 5.78 Å². The van der Waals surface area contributed by atoms with Crippen molar-refractivity contribution in [2.24, 2.45) is 0 Å². The van der Waals surface area contributed by atoms with E-state index in [4.69, 9.17) is 4.74 Å². The Bertz CT molecular complexity index is 380. The van der Waals surface area contributed by atoms with Crippen molar-refractivity contribution >= 4 is 5.78 Å². The van der Waals surface area contributed by atoms with Crippen LogP contribution in [0.1, 0.15) is 43.0 Å². The number of carbonyl (C=O) groups excluding carboxylic acids is 1. The van der Waals surface area contributed by atoms with E-state index in [1.807, 2.05) is 24.3 Å². The van der Waals surface area contributed by atoms with Gasteiger partial charge in [-0.1, -0.05) is 6.42 Å². The van der Waals surface area contributed by atoms with Crippen LogP contribution in [0, 0.1) is 0 Å². The smallest absolute Gasteiger partial charge is 0.159 e. The first-order chi connectivity index (χ1) is 8.75. The van der Waals surface area contributed by atoms with Crippen molar-refractivity contribution in [3.63, 3.8) is 0 Å². The number of Topliss-reactive ketones (excluding diaryl/α,β-unsaturated/α-hetero) is 1. The quantitative estimate of drug-likeness (QED) is 0.813. The Morgan fingerprint density at radius 2 is 2.11 bits per heavy atom. The van der Waals surface area contributed by atoms with Crippen LogP contribution in [0.4, 0.5) is 0 Å². The third-order valence-electron chi connectivity index (χ3n) is 3.41. The molecule has 3 nitrogen and oxygen atoms in total. The first-order valence-electron chi connectivity index (χ1n) is 6.73. The van der Waals surface area contributed by atoms with Crippen LogP contribution in [0.15, 0.2) is 24.3 Å². The third kappa shape index (κ3) is 3.84. The Hall–Kier alpha value is -1.35. The van der Waals surface area contributed by atoms with Gasteiger partial charge in [-0.15, -0.1) is 0 Å². The first kappa shape index (κ1) is 13.1. The predicted octanol–water partition coefficient (Wildman–Crippen LogP) is 2.80. The van der Waals surface area contributed by atoms with Crippen molar-refractivity contribution in [3.8, 4) is 5.75 Å². The van der Waals surface area contributed by atoms with E-state index in [1.54, 1.807) is 6.92 Å². The summed E-state index contributed by atoms with van der Waals surface area (Å²) in [5.74, 6) is 0.934. The van der Waals surface area contributed by atoms with Gasteiger partial charge in [-0.05, 0) is 57.0 Å². The summed E-state index contributed by atoms with van der Waals surface area (Å²) in [6, 6.07) is 7.97. The highest BCUT2D eigenvalue weighted by Gasteiger charge is 2.11. The van der Waals surface area contributed by atoms with E-state index in [0.29, 0.717) is 6.04 Å². The Labute approximate surface area is 109 Å². The molecule has 0 amide bonds. The molecule has 0 radical (unpaired) electrons. The highest BCUT2D eigenvalue weighted by atomic mass is 16.5. The fourth-order valence-electron chi connectivity index (χ4n) is 2.28. The van der Waals surface area contributed by atoms with Crippen LogP contribution < -0.4 is 10.1 Å². The molecule has 2 rings (SSSR count). The lowest BCUT2D eigenvalue weighted by molar-refractivity contribution is 0.101. The van der Waals surface area contributed by atoms with Crippen molar-refractivity contribution in [2.45, 2.75) is 38.6 Å². The van der Waals surface area contributed by atoms with Gasteiger partial charge in [0.25, 0.3) is 0 Å². The molecule has 1 unspecified atom stereocenters. The highest BCUT2D eigenvalue weighted by Crippen LogP contribution is 2.14. The van der Waals surface area contributed by atoms with Gasteiger partial charge in [-0.2, -0.15) is 0 Å². The Morgan fingerprint density at radius 1 is 1.33 bits per heavy atom. The van der Waals surface area contributed by atoms with E-state index in [0.717, 1.165) is 30.9 Å². The normalized spacial score (nSPS) is 19.5. The molecule has 3 heteroatoms. The monoisotopic (exact) mass is 247 g/mol. The summed E-state index contributed by atoms with van der Waals surface area (Å²) in [6.45, 7) is 3.44. The largest absolute Gasteiger partial charge is 0.494 e. The molecule has 1 aromatic carbocycles. The van der Waals surface area contributed by atoms with Crippen LogP contribution in [0.5, 0.6) is 5.75 Å². The minimum absolute atomic E-state index is 0.0907. The van der Waals surface area contributed by atoms with Gasteiger partial charge in [-0.3, -0.25) is 4.79 Å². The van der Waals surface area contributed by atoms with E-state index in [9.17, 15) is 4.79 Å². The second-order valence-electron chi connectivity index (χ2n) is 4.86. The van der Waals surface area contributed by atoms with Crippen molar-refractivity contribution in [2.75, 3.05) is 13.2 Å². The summed E-state index contributed by atoms with van der Waals surface area (Å²) in [6.07, 6.45) is 4.93. The molecule has 1 aliphatic rings. The molecule has 1 aliphatic heterocycles. The van der Waals surface area contributed by atoms with E-state index >= 15 is 0 Å². The predicted molar refractivity (Wildman–Crippen MR) is 72.2 cm³/mol. The van der Waals surface area contributed by atoms with Gasteiger partial charge in [0.1, 0.15) is 5.75 Å². The lowest BCUT2D eigenvalue weighted by atomic mass is 10.0. The fourth-order valence-corrected chi connectivity index (χ4v) is 2.28. The average molecular weight is 247 g/mol. The molecule has 0 spiro atoms. The standard InChI is InChI=1S/C15H21NO2/c1-12(17)13-5-7-15(8-6-13)18-11-9-14-4-2-3-10-16-14/h5-8,14,16H,2-4,9-11H2,1H3. The molecule has 1 fully saturated rings. The molecule has 0 aliphatic carbocycles. The summed E-state index contributed by atoms with van der Waals surface area (Å²) in [5, 5.41) is 3.50. The number of hydrogen-bond donors (Lipinski definition) is 1. The number of nitrogens with one attached hydrogen (secondary N) is 1. The van der Waals surface area contributed by atoms with Crippen LogP contribution in [0.3, 0.4) is 0 Å². The Kier molecular flexibility index (Phi) is 4.76. The van der Waals surface area contributed by atoms with Gasteiger partial charge >= 0.3 is 0 Å². The molecule has 1 N–H and O–H groups in total. The van der Waals surface area contributed by atoms with E-state index in [1.165, 1.54) is 19.3 Å². The first-order valence-corrected chi connectivity index (χ1v) is 6.73. The SMILES string of the molecule is CC(=O)c1ccc(OCCC2CCCCN2)cc1. The van der Waals surface area contributed by atoms with Gasteiger partial charge in [0.2, 0.25) is 0 Å². The number of piperidine rings is 1. The molecule has 1 aromatic rings. The minimum atomic E-state index is 0.0907. The molecule has 98 valence electrons. The second-order valence-corrected chi connectivity index (χ2v) is 4.86. The number of benzene rings is 1. The van der Waals surface area contributed by atoms with Gasteiger partial charge in [0, 0.05) is 11.6 Å². The molecule has 0 bridgehead atoms. The van der Waals surface area contributed by atoms with E-state index in [-0.39, 0.29) is 5.78 Å². The molecular formula is C15H21NO2. The third-order valence-corrected chi connectivity index (χ3v) is 3.41. The zero-order valence-corrected chi connectivity index (χ0v) is 10.9. The average Bonchev–Trinajstić information content (AvgIpc) is 2.40. The van der Waals surface area contributed by atoms with Crippen LogP contribution in [-0.4, -0.2) is 25.0 Å². The zero-order chi connectivity index (χ0) is 12.8. The van der Waals surface area contributed by atoms with Gasteiger partial charge < -0.3 is 10.1 Å². The summed E-state index contributed by atoms with van der Waals surface area (Å²) in [7, 11) is 0. The maximum atomic E-state index is 11.1. The number of ether oxygens (including phenoxy) is 1. The van der Waals surface area contributed by atoms with Crippen molar-refractivity contribution < 1.29 is 9.53 Å². The van der Waals surface area contributed by atoms with Gasteiger partial charge in [0.05, 0.1) is 6.61 Å². The molecule has 0 saturated carbocycles. The highest BCUT2D eigenvalue weighted by molar-refractivity contribution is 5.94. The molecule has 1 heterocycles. The number of carbonyl (C=O) groups is 1. The lowest BCUT2D eigenvalue weighted by Gasteiger charge is -2.23. The lowest BCUT2D eigenvalue weighted by Crippen LogP contribution is -2.35. The van der Waals surface area contributed by atoms with Crippen LogP contribution in [0.2, 0.25) is 0 Å². The number of rotatable bonds is 5.